The van der Waals surface area contributed by atoms with Gasteiger partial charge in [-0.3, -0.25) is 29.2 Å². The Kier molecular flexibility index (Phi) is 15.2. The lowest BCUT2D eigenvalue weighted by molar-refractivity contribution is -0.131. The van der Waals surface area contributed by atoms with Gasteiger partial charge >= 0.3 is 29.9 Å². The maximum Gasteiger partial charge on any atom is 0.374 e. The van der Waals surface area contributed by atoms with Crippen LogP contribution >= 0.6 is 0 Å². The van der Waals surface area contributed by atoms with E-state index in [1.54, 1.807) is 14.7 Å². The van der Waals surface area contributed by atoms with Crippen molar-refractivity contribution in [2.45, 2.75) is 71.8 Å². The number of rotatable bonds is 12. The van der Waals surface area contributed by atoms with Crippen LogP contribution in [0.4, 0.5) is 26.0 Å². The Balaban J connectivity index is 0.000000145. The lowest BCUT2D eigenvalue weighted by Gasteiger charge is -2.57. The van der Waals surface area contributed by atoms with E-state index in [-0.39, 0.29) is 107 Å². The van der Waals surface area contributed by atoms with Crippen LogP contribution in [0.3, 0.4) is 0 Å². The molecule has 4 aromatic rings. The Morgan fingerprint density at radius 2 is 1.04 bits per heavy atom. The molecular weight excluding hydrogens is 1030 g/mol. The summed E-state index contributed by atoms with van der Waals surface area (Å²) in [6.07, 6.45) is 6.33. The number of nitrogens with zero attached hydrogens (tertiary/aromatic N) is 10. The van der Waals surface area contributed by atoms with Crippen LogP contribution in [0.5, 0.6) is 5.88 Å². The van der Waals surface area contributed by atoms with E-state index in [9.17, 15) is 32.4 Å². The summed E-state index contributed by atoms with van der Waals surface area (Å²) < 4.78 is 28.4. The smallest absolute Gasteiger partial charge is 0.374 e. The van der Waals surface area contributed by atoms with Crippen LogP contribution in [0.25, 0.3) is 4.85 Å². The highest BCUT2D eigenvalue weighted by atomic mass is 32.2. The molecule has 4 aliphatic heterocycles. The molecule has 3 saturated carbocycles. The maximum absolute atomic E-state index is 12.8. The lowest BCUT2D eigenvalue weighted by Crippen LogP contribution is -2.66. The second-order valence-electron chi connectivity index (χ2n) is 23.0. The maximum atomic E-state index is 12.8. The highest BCUT2D eigenvalue weighted by Crippen LogP contribution is 2.56. The molecule has 0 unspecified atom stereocenters. The number of ether oxygens (including phenoxy) is 1. The largest absolute Gasteiger partial charge is 0.468 e. The summed E-state index contributed by atoms with van der Waals surface area (Å²) in [5.74, 6) is -0.445. The van der Waals surface area contributed by atoms with Gasteiger partial charge in [0.2, 0.25) is 11.8 Å². The van der Waals surface area contributed by atoms with Gasteiger partial charge in [0.15, 0.2) is 15.5 Å². The average molecular weight is 1100 g/mol. The molecule has 7 aliphatic rings. The molecule has 11 rings (SSSR count). The third kappa shape index (κ3) is 10.8. The van der Waals surface area contributed by atoms with Gasteiger partial charge in [0.1, 0.15) is 19.3 Å². The molecule has 0 bridgehead atoms. The van der Waals surface area contributed by atoms with E-state index >= 15 is 0 Å². The van der Waals surface area contributed by atoms with E-state index in [2.05, 4.69) is 124 Å². The highest BCUT2D eigenvalue weighted by Gasteiger charge is 2.64. The number of carbonyl (C=O) groups excluding carboxylic acids is 5. The van der Waals surface area contributed by atoms with Gasteiger partial charge in [-0.15, -0.1) is 11.6 Å². The third-order valence-electron chi connectivity index (χ3n) is 17.3. The summed E-state index contributed by atoms with van der Waals surface area (Å²) in [5, 5.41) is 9.33. The number of sulfone groups is 1. The van der Waals surface area contributed by atoms with Crippen LogP contribution in [-0.4, -0.2) is 201 Å². The molecule has 3 spiro atoms. The van der Waals surface area contributed by atoms with Gasteiger partial charge < -0.3 is 46.0 Å². The first kappa shape index (κ1) is 56.3. The Morgan fingerprint density at radius 3 is 1.42 bits per heavy atom. The van der Waals surface area contributed by atoms with Gasteiger partial charge in [-0.2, -0.15) is 4.98 Å². The van der Waals surface area contributed by atoms with Crippen molar-refractivity contribution >= 4 is 51.4 Å². The fourth-order valence-electron chi connectivity index (χ4n) is 13.3. The molecule has 420 valence electrons. The summed E-state index contributed by atoms with van der Waals surface area (Å²) in [6, 6.07) is 30.4. The molecule has 3 aliphatic carbocycles. The summed E-state index contributed by atoms with van der Waals surface area (Å²) in [4.78, 5) is 85.2. The van der Waals surface area contributed by atoms with E-state index in [0.29, 0.717) is 25.3 Å². The Labute approximate surface area is 462 Å². The van der Waals surface area contributed by atoms with Gasteiger partial charge in [0.05, 0.1) is 58.4 Å². The Morgan fingerprint density at radius 1 is 0.646 bits per heavy atom. The zero-order valence-electron chi connectivity index (χ0n) is 46.1. The standard InChI is InChI=1S/C20H22N6O2.C20H28N4O4S.C16H22N4O2/c1-21-17-22-10-15(16(23-17)28-4)26-13-19(24-18(26)27)11-20(12-19,25(2)3)14-8-6-5-7-9-14;1-22(2)20(16-6-4-3-5-7-16)13-19(14-20)15-24(18(26)21-19)12-17(25)23-8-10-29(27,28)11-9-23;1-19(2)16(12-6-4-3-5-7-12)9-15(10-16)11-20(8-13(17)21)14(22)18-15/h5-10H,11-13H2,2-4H3,(H,24,27);3-7H,8-15H2,1-2H3,(H,21,26);3-7H,8-11H2,1-2H3,(H2,17,21)(H,18,22). The minimum atomic E-state index is -3.04. The number of carbonyl (C=O) groups is 5. The van der Waals surface area contributed by atoms with E-state index in [0.717, 1.165) is 38.5 Å². The second kappa shape index (κ2) is 21.3. The number of nitrogens with one attached hydrogen (secondary N) is 3. The predicted molar refractivity (Wildman–Crippen MR) is 297 cm³/mol. The number of nitrogens with two attached hydrogens (primary N) is 1. The second-order valence-corrected chi connectivity index (χ2v) is 25.3. The van der Waals surface area contributed by atoms with E-state index in [1.807, 2.05) is 54.6 Å². The van der Waals surface area contributed by atoms with Gasteiger partial charge in [0.25, 0.3) is 0 Å². The Bertz CT molecular complexity index is 3090. The zero-order chi connectivity index (χ0) is 56.8. The van der Waals surface area contributed by atoms with Crippen molar-refractivity contribution in [2.75, 3.05) is 112 Å². The van der Waals surface area contributed by atoms with Crippen molar-refractivity contribution in [2.24, 2.45) is 5.73 Å². The fraction of sp³-hybridized carbons (Fsp3) is 0.500. The molecule has 5 N–H and O–H groups in total. The van der Waals surface area contributed by atoms with E-state index in [1.165, 1.54) is 34.9 Å². The number of hydrogen-bond acceptors (Lipinski definition) is 13. The van der Waals surface area contributed by atoms with Crippen LogP contribution in [0.15, 0.2) is 97.2 Å². The zero-order valence-corrected chi connectivity index (χ0v) is 46.9. The number of methoxy groups -OCH3 is 1. The number of primary amides is 1. The van der Waals surface area contributed by atoms with Crippen molar-refractivity contribution in [3.05, 3.63) is 125 Å². The van der Waals surface area contributed by atoms with Crippen molar-refractivity contribution < 1.29 is 37.1 Å². The third-order valence-corrected chi connectivity index (χ3v) is 19.0. The SMILES string of the molecule is CN(C)C1(c2ccccc2)CC2(CN(CC(=O)N3CCS(=O)(=O)CC3)C(=O)N2)C1.CN(C)C1(c2ccccc2)CC2(CN(CC(N)=O)C(=O)N2)C1.[C-]#[N+]c1ncc(N2CC3(CC(c4ccccc4)(N(C)C)C3)NC2=O)c(OC)n1. The van der Waals surface area contributed by atoms with Crippen LogP contribution in [0, 0.1) is 6.57 Å². The fourth-order valence-corrected chi connectivity index (χ4v) is 14.5. The first-order chi connectivity index (χ1) is 37.4. The number of urea groups is 3. The first-order valence-corrected chi connectivity index (χ1v) is 28.2. The van der Waals surface area contributed by atoms with Gasteiger partial charge in [-0.05, 0) is 97.5 Å². The molecule has 79 heavy (non-hydrogen) atoms. The summed E-state index contributed by atoms with van der Waals surface area (Å²) in [7, 11) is 10.8. The van der Waals surface area contributed by atoms with Crippen molar-refractivity contribution in [1.29, 1.82) is 0 Å². The van der Waals surface area contributed by atoms with E-state index < -0.39 is 15.7 Å². The molecule has 5 heterocycles. The summed E-state index contributed by atoms with van der Waals surface area (Å²) in [5.41, 5.74) is 8.20. The molecule has 8 amide bonds. The van der Waals surface area contributed by atoms with Gasteiger partial charge in [-0.25, -0.2) is 22.8 Å². The average Bonchev–Trinajstić information content (AvgIpc) is 4.07. The quantitative estimate of drug-likeness (QED) is 0.149. The number of aromatic nitrogens is 2. The van der Waals surface area contributed by atoms with Gasteiger partial charge in [-0.1, -0.05) is 91.0 Å². The molecule has 0 atom stereocenters. The normalized spacial score (nSPS) is 29.2. The van der Waals surface area contributed by atoms with Crippen LogP contribution in [-0.2, 0) is 36.0 Å². The molecule has 1 aromatic heterocycles. The highest BCUT2D eigenvalue weighted by molar-refractivity contribution is 7.91. The van der Waals surface area contributed by atoms with Crippen LogP contribution in [0.1, 0.15) is 55.2 Å². The number of hydrogen-bond donors (Lipinski definition) is 4. The minimum Gasteiger partial charge on any atom is -0.468 e. The number of benzene rings is 3. The van der Waals surface area contributed by atoms with Crippen LogP contribution < -0.4 is 31.3 Å². The topological polar surface area (TPSA) is 244 Å². The molecule has 4 saturated heterocycles. The summed E-state index contributed by atoms with van der Waals surface area (Å²) in [6.45, 7) is 8.98. The molecule has 22 nitrogen and oxygen atoms in total. The lowest BCUT2D eigenvalue weighted by atomic mass is 9.59. The van der Waals surface area contributed by atoms with Crippen molar-refractivity contribution in [3.63, 3.8) is 0 Å². The number of amides is 8. The Hall–Kier alpha value is -7.39. The molecular formula is C56H72N14O8S. The summed E-state index contributed by atoms with van der Waals surface area (Å²) >= 11 is 0. The molecule has 23 heteroatoms. The number of anilines is 1. The molecule has 3 aromatic carbocycles. The molecule has 7 fully saturated rings. The minimum absolute atomic E-state index is 0.00267. The predicted octanol–water partition coefficient (Wildman–Crippen LogP) is 3.30. The molecule has 0 radical (unpaired) electrons. The van der Waals surface area contributed by atoms with Crippen LogP contribution in [0.2, 0.25) is 0 Å². The monoisotopic (exact) mass is 1100 g/mol. The first-order valence-electron chi connectivity index (χ1n) is 26.4. The van der Waals surface area contributed by atoms with Crippen molar-refractivity contribution in [1.82, 2.24) is 55.3 Å². The van der Waals surface area contributed by atoms with E-state index in [4.69, 9.17) is 17.0 Å². The van der Waals surface area contributed by atoms with Crippen molar-refractivity contribution in [3.8, 4) is 5.88 Å². The van der Waals surface area contributed by atoms with Gasteiger partial charge in [0, 0.05) is 26.2 Å².